The lowest BCUT2D eigenvalue weighted by molar-refractivity contribution is -0.156. The van der Waals surface area contributed by atoms with Gasteiger partial charge in [-0.1, -0.05) is 53.6 Å². The molecule has 34 heavy (non-hydrogen) atoms. The number of nitrogens with zero attached hydrogens (tertiary/aromatic N) is 1. The summed E-state index contributed by atoms with van der Waals surface area (Å²) in [7, 11) is 0. The monoisotopic (exact) mass is 501 g/mol. The van der Waals surface area contributed by atoms with Gasteiger partial charge in [0.05, 0.1) is 13.0 Å². The Morgan fingerprint density at radius 2 is 1.82 bits per heavy atom. The van der Waals surface area contributed by atoms with Crippen LogP contribution in [0.3, 0.4) is 0 Å². The van der Waals surface area contributed by atoms with Crippen molar-refractivity contribution in [2.45, 2.75) is 64.0 Å². The van der Waals surface area contributed by atoms with E-state index in [4.69, 9.17) is 32.7 Å². The molecule has 0 bridgehead atoms. The number of carbonyl (C=O) groups excluding carboxylic acids is 1. The largest absolute Gasteiger partial charge is 0.492 e. The minimum absolute atomic E-state index is 0.0474. The number of ether oxygens (including phenoxy) is 2. The Hall–Kier alpha value is -2.01. The Kier molecular flexibility index (Phi) is 7.33. The third-order valence-electron chi connectivity index (χ3n) is 6.78. The number of hydrogen-bond acceptors (Lipinski definition) is 4. The number of hydrogen-bond donors (Lipinski definition) is 0. The highest BCUT2D eigenvalue weighted by Gasteiger charge is 2.43. The Balaban J connectivity index is 1.40. The lowest BCUT2D eigenvalue weighted by atomic mass is 9.74. The molecular formula is C28H33Cl2NO3. The standard InChI is InChI=1S/C28H33Cl2NO3/c1-19(16-26(32)34-27(2,3)4)31-14-12-28(13-15-31)18-33-25-17-20(9-11-22(25)28)8-10-21-23(29)6-5-7-24(21)30/h5-11,17,19H,12-16,18H2,1-4H3/b10-8+. The third-order valence-corrected chi connectivity index (χ3v) is 7.44. The number of likely N-dealkylation sites (tertiary alicyclic amines) is 1. The molecule has 2 heterocycles. The van der Waals surface area contributed by atoms with E-state index in [0.29, 0.717) is 23.1 Å². The molecular weight excluding hydrogens is 469 g/mol. The second-order valence-electron chi connectivity index (χ2n) is 10.5. The molecule has 0 amide bonds. The molecule has 1 atom stereocenters. The first kappa shape index (κ1) is 25.1. The van der Waals surface area contributed by atoms with Crippen molar-refractivity contribution in [2.75, 3.05) is 19.7 Å². The van der Waals surface area contributed by atoms with Gasteiger partial charge in [0, 0.05) is 32.6 Å². The number of piperidine rings is 1. The van der Waals surface area contributed by atoms with E-state index >= 15 is 0 Å². The molecule has 1 fully saturated rings. The van der Waals surface area contributed by atoms with E-state index in [1.54, 1.807) is 0 Å². The van der Waals surface area contributed by atoms with Gasteiger partial charge in [0.25, 0.3) is 0 Å². The van der Waals surface area contributed by atoms with Crippen molar-refractivity contribution < 1.29 is 14.3 Å². The maximum absolute atomic E-state index is 12.2. The summed E-state index contributed by atoms with van der Waals surface area (Å²) in [5.74, 6) is 0.830. The minimum Gasteiger partial charge on any atom is -0.492 e. The van der Waals surface area contributed by atoms with Crippen LogP contribution >= 0.6 is 23.2 Å². The van der Waals surface area contributed by atoms with E-state index in [0.717, 1.165) is 42.8 Å². The molecule has 4 rings (SSSR count). The van der Waals surface area contributed by atoms with Gasteiger partial charge in [-0.3, -0.25) is 4.79 Å². The Morgan fingerprint density at radius 3 is 2.47 bits per heavy atom. The van der Waals surface area contributed by atoms with Gasteiger partial charge >= 0.3 is 5.97 Å². The summed E-state index contributed by atoms with van der Waals surface area (Å²) >= 11 is 12.6. The number of halogens is 2. The number of esters is 1. The van der Waals surface area contributed by atoms with E-state index in [2.05, 4.69) is 30.0 Å². The number of benzene rings is 2. The molecule has 6 heteroatoms. The van der Waals surface area contributed by atoms with Gasteiger partial charge in [-0.2, -0.15) is 0 Å². The van der Waals surface area contributed by atoms with Gasteiger partial charge in [0.15, 0.2) is 0 Å². The van der Waals surface area contributed by atoms with E-state index < -0.39 is 5.60 Å². The molecule has 0 N–H and O–H groups in total. The Bertz CT molecular complexity index is 1060. The molecule has 2 aliphatic rings. The van der Waals surface area contributed by atoms with Crippen LogP contribution in [0.2, 0.25) is 10.0 Å². The predicted octanol–water partition coefficient (Wildman–Crippen LogP) is 7.01. The second kappa shape index (κ2) is 9.93. The first-order valence-electron chi connectivity index (χ1n) is 11.9. The van der Waals surface area contributed by atoms with Crippen LogP contribution in [0, 0.1) is 0 Å². The van der Waals surface area contributed by atoms with Crippen LogP contribution in [0.4, 0.5) is 0 Å². The van der Waals surface area contributed by atoms with Gasteiger partial charge in [-0.15, -0.1) is 0 Å². The zero-order chi connectivity index (χ0) is 24.5. The maximum atomic E-state index is 12.2. The summed E-state index contributed by atoms with van der Waals surface area (Å²) in [6, 6.07) is 12.1. The summed E-state index contributed by atoms with van der Waals surface area (Å²) in [5, 5.41) is 1.26. The lowest BCUT2D eigenvalue weighted by Gasteiger charge is -2.41. The zero-order valence-corrected chi connectivity index (χ0v) is 21.9. The van der Waals surface area contributed by atoms with Crippen molar-refractivity contribution in [3.05, 3.63) is 63.1 Å². The van der Waals surface area contributed by atoms with Gasteiger partial charge in [-0.25, -0.2) is 0 Å². The quantitative estimate of drug-likeness (QED) is 0.326. The summed E-state index contributed by atoms with van der Waals surface area (Å²) < 4.78 is 11.7. The van der Waals surface area contributed by atoms with Crippen molar-refractivity contribution >= 4 is 41.3 Å². The molecule has 182 valence electrons. The fraction of sp³-hybridized carbons (Fsp3) is 0.464. The molecule has 2 aromatic rings. The van der Waals surface area contributed by atoms with Crippen LogP contribution in [0.15, 0.2) is 36.4 Å². The molecule has 2 aliphatic heterocycles. The van der Waals surface area contributed by atoms with Gasteiger partial charge in [-0.05, 0) is 77.4 Å². The first-order chi connectivity index (χ1) is 16.1. The van der Waals surface area contributed by atoms with E-state index in [9.17, 15) is 4.79 Å². The van der Waals surface area contributed by atoms with Crippen LogP contribution in [0.25, 0.3) is 12.2 Å². The van der Waals surface area contributed by atoms with Crippen LogP contribution in [0.1, 0.15) is 63.6 Å². The summed E-state index contributed by atoms with van der Waals surface area (Å²) in [6.07, 6.45) is 6.42. The molecule has 4 nitrogen and oxygen atoms in total. The van der Waals surface area contributed by atoms with Gasteiger partial charge in [0.1, 0.15) is 11.4 Å². The summed E-state index contributed by atoms with van der Waals surface area (Å²) in [5.41, 5.74) is 2.76. The van der Waals surface area contributed by atoms with Crippen LogP contribution < -0.4 is 4.74 Å². The first-order valence-corrected chi connectivity index (χ1v) is 12.7. The summed E-state index contributed by atoms with van der Waals surface area (Å²) in [6.45, 7) is 10.4. The van der Waals surface area contributed by atoms with Crippen molar-refractivity contribution in [1.29, 1.82) is 0 Å². The van der Waals surface area contributed by atoms with E-state index in [-0.39, 0.29) is 17.4 Å². The molecule has 0 aliphatic carbocycles. The van der Waals surface area contributed by atoms with Crippen LogP contribution in [-0.2, 0) is 14.9 Å². The van der Waals surface area contributed by atoms with Crippen molar-refractivity contribution in [3.63, 3.8) is 0 Å². The molecule has 2 aromatic carbocycles. The van der Waals surface area contributed by atoms with Crippen molar-refractivity contribution in [2.24, 2.45) is 0 Å². The number of carbonyl (C=O) groups is 1. The third kappa shape index (κ3) is 5.62. The Morgan fingerprint density at radius 1 is 1.15 bits per heavy atom. The topological polar surface area (TPSA) is 38.8 Å². The number of fused-ring (bicyclic) bond motifs is 2. The van der Waals surface area contributed by atoms with Crippen LogP contribution in [0.5, 0.6) is 5.75 Å². The molecule has 0 aromatic heterocycles. The Labute approximate surface area is 212 Å². The van der Waals surface area contributed by atoms with Crippen molar-refractivity contribution in [3.8, 4) is 5.75 Å². The average molecular weight is 502 g/mol. The molecule has 1 unspecified atom stereocenters. The molecule has 1 saturated heterocycles. The minimum atomic E-state index is -0.443. The molecule has 0 saturated carbocycles. The normalized spacial score (nSPS) is 18.6. The number of rotatable bonds is 5. The highest BCUT2D eigenvalue weighted by molar-refractivity contribution is 6.37. The lowest BCUT2D eigenvalue weighted by Crippen LogP contribution is -2.47. The highest BCUT2D eigenvalue weighted by Crippen LogP contribution is 2.46. The SMILES string of the molecule is CC(CC(=O)OC(C)(C)C)N1CCC2(CC1)COc1cc(/C=C/c3c(Cl)cccc3Cl)ccc12. The smallest absolute Gasteiger partial charge is 0.307 e. The van der Waals surface area contributed by atoms with E-state index in [1.165, 1.54) is 5.56 Å². The van der Waals surface area contributed by atoms with Crippen LogP contribution in [-0.4, -0.2) is 42.2 Å². The average Bonchev–Trinajstić information content (AvgIpc) is 3.10. The fourth-order valence-corrected chi connectivity index (χ4v) is 5.43. The molecule has 0 radical (unpaired) electrons. The highest BCUT2D eigenvalue weighted by atomic mass is 35.5. The van der Waals surface area contributed by atoms with Crippen molar-refractivity contribution in [1.82, 2.24) is 4.90 Å². The predicted molar refractivity (Wildman–Crippen MR) is 140 cm³/mol. The fourth-order valence-electron chi connectivity index (χ4n) is 4.90. The van der Waals surface area contributed by atoms with E-state index in [1.807, 2.05) is 51.1 Å². The maximum Gasteiger partial charge on any atom is 0.307 e. The van der Waals surface area contributed by atoms with Gasteiger partial charge < -0.3 is 14.4 Å². The summed E-state index contributed by atoms with van der Waals surface area (Å²) in [4.78, 5) is 14.6. The van der Waals surface area contributed by atoms with Gasteiger partial charge in [0.2, 0.25) is 0 Å². The second-order valence-corrected chi connectivity index (χ2v) is 11.3. The zero-order valence-electron chi connectivity index (χ0n) is 20.4. The molecule has 1 spiro atoms.